The zero-order valence-electron chi connectivity index (χ0n) is 28.6. The fourth-order valence-electron chi connectivity index (χ4n) is 7.21. The van der Waals surface area contributed by atoms with E-state index >= 15 is 0 Å². The standard InChI is InChI=1S/C46H36N4/c1-29-11-19-34(20-12-29)49(35-21-13-30(2)14-22-35)40-27-28-41(50(36-23-15-31(3)16-24-36)37-25-17-32(4)18-26-37)46-45(40)47-43-38-9-5-7-33-8-6-10-39(42(33)38)44(43)48-46/h5-28H,1-4H3. The quantitative estimate of drug-likeness (QED) is 0.180. The molecular weight excluding hydrogens is 609 g/mol. The maximum Gasteiger partial charge on any atom is 0.116 e. The molecule has 0 bridgehead atoms. The van der Waals surface area contributed by atoms with Crippen LogP contribution >= 0.6 is 0 Å². The fourth-order valence-corrected chi connectivity index (χ4v) is 7.21. The van der Waals surface area contributed by atoms with Crippen molar-refractivity contribution in [2.75, 3.05) is 9.80 Å². The Morgan fingerprint density at radius 2 is 0.680 bits per heavy atom. The van der Waals surface area contributed by atoms with Gasteiger partial charge < -0.3 is 9.80 Å². The number of hydrogen-bond donors (Lipinski definition) is 0. The molecule has 0 unspecified atom stereocenters. The van der Waals surface area contributed by atoms with Crippen LogP contribution in [0.2, 0.25) is 0 Å². The number of hydrogen-bond acceptors (Lipinski definition) is 4. The van der Waals surface area contributed by atoms with E-state index in [2.05, 4.69) is 183 Å². The van der Waals surface area contributed by atoms with Crippen molar-refractivity contribution in [3.05, 3.63) is 168 Å². The van der Waals surface area contributed by atoms with Gasteiger partial charge in [0.05, 0.1) is 22.8 Å². The van der Waals surface area contributed by atoms with E-state index in [9.17, 15) is 0 Å². The van der Waals surface area contributed by atoms with E-state index in [1.165, 1.54) is 33.0 Å². The second kappa shape index (κ2) is 11.7. The van der Waals surface area contributed by atoms with E-state index in [4.69, 9.17) is 9.97 Å². The molecule has 8 aromatic rings. The van der Waals surface area contributed by atoms with Crippen LogP contribution in [0.4, 0.5) is 34.1 Å². The van der Waals surface area contributed by atoms with Gasteiger partial charge in [0.25, 0.3) is 0 Å². The lowest BCUT2D eigenvalue weighted by Crippen LogP contribution is -2.14. The van der Waals surface area contributed by atoms with Crippen molar-refractivity contribution >= 4 is 55.9 Å². The minimum Gasteiger partial charge on any atom is -0.308 e. The Morgan fingerprint density at radius 1 is 0.360 bits per heavy atom. The Balaban J connectivity index is 1.38. The summed E-state index contributed by atoms with van der Waals surface area (Å²) in [6.07, 6.45) is 0. The summed E-state index contributed by atoms with van der Waals surface area (Å²) in [5.41, 5.74) is 16.9. The molecule has 0 N–H and O–H groups in total. The van der Waals surface area contributed by atoms with E-state index in [1.54, 1.807) is 0 Å². The van der Waals surface area contributed by atoms with Crippen LogP contribution in [-0.4, -0.2) is 9.97 Å². The monoisotopic (exact) mass is 644 g/mol. The number of benzene rings is 7. The second-order valence-corrected chi connectivity index (χ2v) is 13.4. The Bertz CT molecular complexity index is 2280. The summed E-state index contributed by atoms with van der Waals surface area (Å²) in [7, 11) is 0. The molecule has 1 aliphatic carbocycles. The molecule has 9 rings (SSSR count). The number of aromatic nitrogens is 2. The maximum atomic E-state index is 5.63. The van der Waals surface area contributed by atoms with Gasteiger partial charge in [-0.2, -0.15) is 0 Å². The van der Waals surface area contributed by atoms with Crippen molar-refractivity contribution in [3.63, 3.8) is 0 Å². The zero-order chi connectivity index (χ0) is 33.9. The van der Waals surface area contributed by atoms with Crippen LogP contribution in [0.25, 0.3) is 44.3 Å². The van der Waals surface area contributed by atoms with Crippen molar-refractivity contribution in [1.29, 1.82) is 0 Å². The van der Waals surface area contributed by atoms with Gasteiger partial charge in [0.15, 0.2) is 0 Å². The van der Waals surface area contributed by atoms with Crippen molar-refractivity contribution in [2.45, 2.75) is 27.7 Å². The molecule has 0 atom stereocenters. The predicted molar refractivity (Wildman–Crippen MR) is 210 cm³/mol. The highest BCUT2D eigenvalue weighted by Gasteiger charge is 2.29. The third-order valence-electron chi connectivity index (χ3n) is 9.85. The normalized spacial score (nSPS) is 11.6. The highest BCUT2D eigenvalue weighted by Crippen LogP contribution is 2.50. The van der Waals surface area contributed by atoms with Crippen molar-refractivity contribution < 1.29 is 0 Å². The Kier molecular flexibility index (Phi) is 6.99. The highest BCUT2D eigenvalue weighted by atomic mass is 15.2. The lowest BCUT2D eigenvalue weighted by atomic mass is 10.0. The van der Waals surface area contributed by atoms with Gasteiger partial charge in [-0.3, -0.25) is 0 Å². The molecule has 0 amide bonds. The number of nitrogens with zero attached hydrogens (tertiary/aromatic N) is 4. The summed E-state index contributed by atoms with van der Waals surface area (Å²) < 4.78 is 0. The molecule has 1 heterocycles. The van der Waals surface area contributed by atoms with Crippen LogP contribution in [0.5, 0.6) is 0 Å². The average molecular weight is 645 g/mol. The third kappa shape index (κ3) is 4.91. The predicted octanol–water partition coefficient (Wildman–Crippen LogP) is 12.6. The maximum absolute atomic E-state index is 5.63. The first kappa shape index (κ1) is 29.8. The summed E-state index contributed by atoms with van der Waals surface area (Å²) in [4.78, 5) is 15.9. The molecule has 50 heavy (non-hydrogen) atoms. The molecule has 0 fully saturated rings. The third-order valence-corrected chi connectivity index (χ3v) is 9.85. The van der Waals surface area contributed by atoms with Crippen LogP contribution in [-0.2, 0) is 0 Å². The van der Waals surface area contributed by atoms with Crippen molar-refractivity contribution in [3.8, 4) is 22.5 Å². The van der Waals surface area contributed by atoms with Crippen molar-refractivity contribution in [1.82, 2.24) is 9.97 Å². The highest BCUT2D eigenvalue weighted by molar-refractivity contribution is 6.15. The topological polar surface area (TPSA) is 32.3 Å². The first-order valence-electron chi connectivity index (χ1n) is 17.2. The van der Waals surface area contributed by atoms with Gasteiger partial charge in [0, 0.05) is 39.3 Å². The molecule has 0 saturated carbocycles. The lowest BCUT2D eigenvalue weighted by Gasteiger charge is -2.30. The lowest BCUT2D eigenvalue weighted by molar-refractivity contribution is 1.22. The molecule has 0 saturated heterocycles. The van der Waals surface area contributed by atoms with Crippen LogP contribution in [0, 0.1) is 27.7 Å². The van der Waals surface area contributed by atoms with E-state index in [0.717, 1.165) is 67.7 Å². The molecule has 1 aliphatic rings. The molecule has 4 nitrogen and oxygen atoms in total. The van der Waals surface area contributed by atoms with E-state index in [-0.39, 0.29) is 0 Å². The summed E-state index contributed by atoms with van der Waals surface area (Å²) in [6.45, 7) is 8.51. The van der Waals surface area contributed by atoms with Gasteiger partial charge in [-0.05, 0) is 93.7 Å². The second-order valence-electron chi connectivity index (χ2n) is 13.4. The molecule has 0 radical (unpaired) electrons. The summed E-state index contributed by atoms with van der Waals surface area (Å²) in [6, 6.07) is 52.3. The SMILES string of the molecule is Cc1ccc(N(c2ccc(C)cc2)c2ccc(N(c3ccc(C)cc3)c3ccc(C)cc3)c3nc4c(nc23)-c2cccc3cccc-4c23)cc1. The van der Waals surface area contributed by atoms with Crippen molar-refractivity contribution in [2.24, 2.45) is 0 Å². The molecular formula is C46H36N4. The van der Waals surface area contributed by atoms with Gasteiger partial charge >= 0.3 is 0 Å². The average Bonchev–Trinajstić information content (AvgIpc) is 3.45. The minimum absolute atomic E-state index is 0.844. The summed E-state index contributed by atoms with van der Waals surface area (Å²) >= 11 is 0. The fraction of sp³-hybridized carbons (Fsp3) is 0.0870. The van der Waals surface area contributed by atoms with Gasteiger partial charge in [0.1, 0.15) is 11.0 Å². The zero-order valence-corrected chi connectivity index (χ0v) is 28.6. The molecule has 0 aliphatic heterocycles. The summed E-state index contributed by atoms with van der Waals surface area (Å²) in [5, 5.41) is 2.41. The van der Waals surface area contributed by atoms with Gasteiger partial charge in [-0.25, -0.2) is 9.97 Å². The number of anilines is 6. The minimum atomic E-state index is 0.844. The van der Waals surface area contributed by atoms with Crippen LogP contribution in [0.3, 0.4) is 0 Å². The molecule has 4 heteroatoms. The molecule has 240 valence electrons. The number of fused-ring (bicyclic) bond motifs is 4. The number of rotatable bonds is 6. The Hall–Kier alpha value is -6.26. The summed E-state index contributed by atoms with van der Waals surface area (Å²) in [5.74, 6) is 0. The van der Waals surface area contributed by atoms with E-state index in [1.807, 2.05) is 0 Å². The van der Waals surface area contributed by atoms with E-state index < -0.39 is 0 Å². The molecule has 7 aromatic carbocycles. The molecule has 0 spiro atoms. The van der Waals surface area contributed by atoms with Crippen LogP contribution < -0.4 is 9.80 Å². The van der Waals surface area contributed by atoms with E-state index in [0.29, 0.717) is 0 Å². The first-order valence-corrected chi connectivity index (χ1v) is 17.2. The largest absolute Gasteiger partial charge is 0.308 e. The Morgan fingerprint density at radius 3 is 1.00 bits per heavy atom. The van der Waals surface area contributed by atoms with Gasteiger partial charge in [-0.15, -0.1) is 0 Å². The molecule has 1 aromatic heterocycles. The Labute approximate surface area is 292 Å². The van der Waals surface area contributed by atoms with Crippen LogP contribution in [0.1, 0.15) is 22.3 Å². The first-order chi connectivity index (χ1) is 24.4. The van der Waals surface area contributed by atoms with Gasteiger partial charge in [0.2, 0.25) is 0 Å². The number of aryl methyl sites for hydroxylation is 4. The smallest absolute Gasteiger partial charge is 0.116 e. The van der Waals surface area contributed by atoms with Crippen LogP contribution in [0.15, 0.2) is 146 Å². The van der Waals surface area contributed by atoms with Gasteiger partial charge in [-0.1, -0.05) is 107 Å².